The van der Waals surface area contributed by atoms with Gasteiger partial charge >= 0.3 is 0 Å². The molecule has 0 saturated heterocycles. The average molecular weight is 554 g/mol. The number of alkyl halides is 2. The van der Waals surface area contributed by atoms with Gasteiger partial charge in [-0.25, -0.2) is 8.78 Å². The molecule has 1 saturated carbocycles. The molecule has 0 heterocycles. The van der Waals surface area contributed by atoms with Gasteiger partial charge in [-0.05, 0) is 53.6 Å². The third-order valence-corrected chi connectivity index (χ3v) is 7.28. The summed E-state index contributed by atoms with van der Waals surface area (Å²) >= 11 is 24.7. The molecule has 0 aliphatic heterocycles. The van der Waals surface area contributed by atoms with Crippen LogP contribution in [0.3, 0.4) is 0 Å². The highest BCUT2D eigenvalue weighted by Crippen LogP contribution is 2.65. The highest BCUT2D eigenvalue weighted by molar-refractivity contribution is 6.53. The van der Waals surface area contributed by atoms with Crippen molar-refractivity contribution in [1.82, 2.24) is 0 Å². The lowest BCUT2D eigenvalue weighted by atomic mass is 9.98. The number of nitrogens with zero attached hydrogens (tertiary/aromatic N) is 1. The van der Waals surface area contributed by atoms with Crippen LogP contribution in [0.1, 0.15) is 33.0 Å². The van der Waals surface area contributed by atoms with Crippen molar-refractivity contribution in [2.75, 3.05) is 5.32 Å². The van der Waals surface area contributed by atoms with Crippen molar-refractivity contribution >= 4 is 63.8 Å². The number of amides is 1. The first-order valence-electron chi connectivity index (χ1n) is 10.2. The minimum absolute atomic E-state index is 0.0418. The van der Waals surface area contributed by atoms with Crippen molar-refractivity contribution in [2.24, 2.45) is 5.92 Å². The van der Waals surface area contributed by atoms with Gasteiger partial charge in [0.1, 0.15) is 16.0 Å². The van der Waals surface area contributed by atoms with E-state index in [9.17, 15) is 23.6 Å². The molecule has 0 spiro atoms. The van der Waals surface area contributed by atoms with Crippen LogP contribution < -0.4 is 5.32 Å². The van der Waals surface area contributed by atoms with Gasteiger partial charge in [-0.1, -0.05) is 35.3 Å². The van der Waals surface area contributed by atoms with E-state index in [2.05, 4.69) is 5.32 Å². The van der Waals surface area contributed by atoms with Gasteiger partial charge in [0.25, 0.3) is 0 Å². The summed E-state index contributed by atoms with van der Waals surface area (Å²) in [6.07, 6.45) is -0.192. The minimum atomic E-state index is -1.42. The molecule has 178 valence electrons. The Kier molecular flexibility index (Phi) is 7.08. The molecule has 4 rings (SSSR count). The van der Waals surface area contributed by atoms with Crippen LogP contribution in [-0.4, -0.2) is 16.0 Å². The molecule has 1 aliphatic carbocycles. The summed E-state index contributed by atoms with van der Waals surface area (Å²) in [5.41, 5.74) is 1.28. The summed E-state index contributed by atoms with van der Waals surface area (Å²) in [7, 11) is 0. The quantitative estimate of drug-likeness (QED) is 0.261. The third kappa shape index (κ3) is 5.14. The zero-order valence-corrected chi connectivity index (χ0v) is 20.6. The Morgan fingerprint density at radius 3 is 2.43 bits per heavy atom. The second-order valence-corrected chi connectivity index (χ2v) is 10.3. The number of halogens is 6. The first-order chi connectivity index (χ1) is 16.5. The number of carbonyl (C=O) groups excluding carboxylic acids is 2. The van der Waals surface area contributed by atoms with Gasteiger partial charge in [-0.15, -0.1) is 23.2 Å². The van der Waals surface area contributed by atoms with Crippen molar-refractivity contribution in [3.63, 3.8) is 0 Å². The number of hydrogen-bond donors (Lipinski definition) is 1. The van der Waals surface area contributed by atoms with Crippen molar-refractivity contribution in [2.45, 2.75) is 16.7 Å². The average Bonchev–Trinajstić information content (AvgIpc) is 3.39. The van der Waals surface area contributed by atoms with E-state index in [1.807, 2.05) is 6.07 Å². The van der Waals surface area contributed by atoms with E-state index in [1.165, 1.54) is 42.5 Å². The van der Waals surface area contributed by atoms with Gasteiger partial charge in [0.05, 0.1) is 27.6 Å². The van der Waals surface area contributed by atoms with Crippen LogP contribution in [0.5, 0.6) is 0 Å². The highest BCUT2D eigenvalue weighted by atomic mass is 35.5. The van der Waals surface area contributed by atoms with Crippen LogP contribution in [-0.2, 0) is 11.2 Å². The molecule has 1 N–H and O–H groups in total. The summed E-state index contributed by atoms with van der Waals surface area (Å²) in [6.45, 7) is 0. The monoisotopic (exact) mass is 552 g/mol. The second kappa shape index (κ2) is 9.75. The Balaban J connectivity index is 1.52. The van der Waals surface area contributed by atoms with Crippen LogP contribution in [0.4, 0.5) is 14.5 Å². The molecule has 1 amide bonds. The molecular weight excluding hydrogens is 540 g/mol. The van der Waals surface area contributed by atoms with E-state index in [4.69, 9.17) is 46.4 Å². The predicted octanol–water partition coefficient (Wildman–Crippen LogP) is 7.09. The molecule has 4 nitrogen and oxygen atoms in total. The van der Waals surface area contributed by atoms with E-state index in [0.717, 1.165) is 12.1 Å². The zero-order valence-electron chi connectivity index (χ0n) is 17.6. The molecule has 0 bridgehead atoms. The lowest BCUT2D eigenvalue weighted by molar-refractivity contribution is -0.117. The number of carbonyl (C=O) groups is 2. The summed E-state index contributed by atoms with van der Waals surface area (Å²) < 4.78 is 25.5. The fourth-order valence-corrected chi connectivity index (χ4v) is 5.13. The Morgan fingerprint density at radius 2 is 1.74 bits per heavy atom. The first-order valence-corrected chi connectivity index (χ1v) is 11.7. The standard InChI is InChI=1S/C25H14Cl4F2N2O2/c26-18-5-4-16(10-17(18)21(34)9-12-1-3-15(30)7-14(12)11-32)33-24(35)23-22(25(23,28)29)13-2-6-20(31)19(27)8-13/h1-8,10,22-23H,9H2,(H,33,35). The fraction of sp³-hybridized carbons (Fsp3) is 0.160. The Hall–Kier alpha value is -2.69. The van der Waals surface area contributed by atoms with Crippen LogP contribution in [0.15, 0.2) is 54.6 Å². The molecule has 0 aromatic heterocycles. The summed E-state index contributed by atoms with van der Waals surface area (Å²) in [5, 5.41) is 11.9. The molecule has 2 atom stereocenters. The second-order valence-electron chi connectivity index (χ2n) is 8.00. The van der Waals surface area contributed by atoms with E-state index < -0.39 is 39.5 Å². The molecule has 10 heteroatoms. The third-order valence-electron chi connectivity index (χ3n) is 5.72. The molecule has 0 radical (unpaired) electrons. The zero-order chi connectivity index (χ0) is 25.5. The maximum Gasteiger partial charge on any atom is 0.231 e. The van der Waals surface area contributed by atoms with Gasteiger partial charge < -0.3 is 5.32 Å². The minimum Gasteiger partial charge on any atom is -0.326 e. The molecule has 3 aromatic carbocycles. The lowest BCUT2D eigenvalue weighted by Gasteiger charge is -2.10. The van der Waals surface area contributed by atoms with Crippen LogP contribution in [0, 0.1) is 28.9 Å². The Labute approximate surface area is 219 Å². The van der Waals surface area contributed by atoms with Gasteiger partial charge in [0, 0.05) is 23.6 Å². The number of ketones is 1. The number of nitrogens with one attached hydrogen (secondary N) is 1. The number of rotatable bonds is 6. The van der Waals surface area contributed by atoms with Gasteiger partial charge in [-0.3, -0.25) is 9.59 Å². The normalized spacial score (nSPS) is 18.0. The topological polar surface area (TPSA) is 70.0 Å². The van der Waals surface area contributed by atoms with Crippen LogP contribution >= 0.6 is 46.4 Å². The van der Waals surface area contributed by atoms with Gasteiger partial charge in [-0.2, -0.15) is 5.26 Å². The Morgan fingerprint density at radius 1 is 1.00 bits per heavy atom. The maximum absolute atomic E-state index is 13.5. The number of anilines is 1. The van der Waals surface area contributed by atoms with Gasteiger partial charge in [0.2, 0.25) is 5.91 Å². The molecule has 1 aliphatic rings. The molecule has 3 aromatic rings. The van der Waals surface area contributed by atoms with E-state index in [0.29, 0.717) is 11.1 Å². The molecular formula is C25H14Cl4F2N2O2. The molecule has 1 fully saturated rings. The maximum atomic E-state index is 13.5. The van der Waals surface area contributed by atoms with Crippen molar-refractivity contribution in [3.8, 4) is 6.07 Å². The fourth-order valence-electron chi connectivity index (χ4n) is 3.89. The van der Waals surface area contributed by atoms with E-state index in [1.54, 1.807) is 0 Å². The van der Waals surface area contributed by atoms with E-state index in [-0.39, 0.29) is 33.3 Å². The largest absolute Gasteiger partial charge is 0.326 e. The first kappa shape index (κ1) is 25.4. The predicted molar refractivity (Wildman–Crippen MR) is 131 cm³/mol. The smallest absolute Gasteiger partial charge is 0.231 e. The van der Waals surface area contributed by atoms with Gasteiger partial charge in [0.15, 0.2) is 5.78 Å². The van der Waals surface area contributed by atoms with Crippen molar-refractivity contribution in [1.29, 1.82) is 5.26 Å². The number of Topliss-reactive ketones (excluding diaryl/α,β-unsaturated/α-hetero) is 1. The lowest BCUT2D eigenvalue weighted by Crippen LogP contribution is -2.17. The Bertz CT molecular complexity index is 1400. The number of benzene rings is 3. The van der Waals surface area contributed by atoms with Crippen LogP contribution in [0.2, 0.25) is 10.0 Å². The number of nitriles is 1. The summed E-state index contributed by atoms with van der Waals surface area (Å²) in [6, 6.07) is 13.8. The molecule has 2 unspecified atom stereocenters. The SMILES string of the molecule is N#Cc1cc(F)ccc1CC(=O)c1cc(NC(=O)C2C(c3ccc(F)c(Cl)c3)C2(Cl)Cl)ccc1Cl. The van der Waals surface area contributed by atoms with E-state index >= 15 is 0 Å². The molecule has 35 heavy (non-hydrogen) atoms. The summed E-state index contributed by atoms with van der Waals surface area (Å²) in [5.74, 6) is -3.58. The van der Waals surface area contributed by atoms with Crippen LogP contribution in [0.25, 0.3) is 0 Å². The van der Waals surface area contributed by atoms with Crippen molar-refractivity contribution in [3.05, 3.63) is 98.5 Å². The highest BCUT2D eigenvalue weighted by Gasteiger charge is 2.67. The number of hydrogen-bond acceptors (Lipinski definition) is 3. The van der Waals surface area contributed by atoms with Crippen molar-refractivity contribution < 1.29 is 18.4 Å². The summed E-state index contributed by atoms with van der Waals surface area (Å²) in [4.78, 5) is 25.8.